The molecule has 0 unspecified atom stereocenters. The predicted octanol–water partition coefficient (Wildman–Crippen LogP) is 1.96. The summed E-state index contributed by atoms with van der Waals surface area (Å²) in [6, 6.07) is 0. The third-order valence-corrected chi connectivity index (χ3v) is 2.89. The number of hydrogen-bond acceptors (Lipinski definition) is 3. The number of ether oxygens (including phenoxy) is 2. The molecule has 0 aromatic heterocycles. The van der Waals surface area contributed by atoms with E-state index in [-0.39, 0.29) is 0 Å². The highest BCUT2D eigenvalue weighted by Gasteiger charge is 2.12. The smallest absolute Gasteiger partial charge is 0.0594 e. The molecule has 90 valence electrons. The van der Waals surface area contributed by atoms with Crippen molar-refractivity contribution in [2.24, 2.45) is 0 Å². The van der Waals surface area contributed by atoms with E-state index in [1.807, 2.05) is 0 Å². The molecule has 1 fully saturated rings. The van der Waals surface area contributed by atoms with Crippen molar-refractivity contribution >= 4 is 0 Å². The minimum absolute atomic E-state index is 0.541. The Kier molecular flexibility index (Phi) is 7.88. The monoisotopic (exact) mass is 215 g/mol. The third kappa shape index (κ3) is 6.88. The highest BCUT2D eigenvalue weighted by Crippen LogP contribution is 2.19. The highest BCUT2D eigenvalue weighted by atomic mass is 16.5. The van der Waals surface area contributed by atoms with E-state index < -0.39 is 0 Å². The molecule has 0 radical (unpaired) electrons. The van der Waals surface area contributed by atoms with Gasteiger partial charge in [0.2, 0.25) is 0 Å². The van der Waals surface area contributed by atoms with Crippen LogP contribution in [-0.2, 0) is 9.47 Å². The number of nitrogens with one attached hydrogen (secondary N) is 1. The summed E-state index contributed by atoms with van der Waals surface area (Å²) >= 11 is 0. The van der Waals surface area contributed by atoms with Crippen molar-refractivity contribution in [3.8, 4) is 0 Å². The molecule has 0 saturated heterocycles. The van der Waals surface area contributed by atoms with Crippen molar-refractivity contribution in [2.45, 2.75) is 44.6 Å². The quantitative estimate of drug-likeness (QED) is 0.628. The first-order valence-electron chi connectivity index (χ1n) is 6.24. The van der Waals surface area contributed by atoms with E-state index in [0.717, 1.165) is 32.7 Å². The summed E-state index contributed by atoms with van der Waals surface area (Å²) in [7, 11) is 1.74. The molecule has 15 heavy (non-hydrogen) atoms. The van der Waals surface area contributed by atoms with Gasteiger partial charge in [-0.3, -0.25) is 0 Å². The number of methoxy groups -OCH3 is 1. The first kappa shape index (κ1) is 12.9. The van der Waals surface area contributed by atoms with E-state index in [4.69, 9.17) is 9.47 Å². The van der Waals surface area contributed by atoms with Gasteiger partial charge in [0.05, 0.1) is 12.7 Å². The van der Waals surface area contributed by atoms with Crippen molar-refractivity contribution in [1.29, 1.82) is 0 Å². The van der Waals surface area contributed by atoms with Crippen LogP contribution in [0.5, 0.6) is 0 Å². The molecule has 0 aliphatic heterocycles. The van der Waals surface area contributed by atoms with Gasteiger partial charge in [-0.1, -0.05) is 19.3 Å². The first-order valence-corrected chi connectivity index (χ1v) is 6.24. The molecule has 1 N–H and O–H groups in total. The largest absolute Gasteiger partial charge is 0.385 e. The molecule has 0 amide bonds. The molecule has 3 nitrogen and oxygen atoms in total. The van der Waals surface area contributed by atoms with Crippen LogP contribution in [0.1, 0.15) is 38.5 Å². The Morgan fingerprint density at radius 3 is 2.60 bits per heavy atom. The molecule has 1 saturated carbocycles. The van der Waals surface area contributed by atoms with Crippen molar-refractivity contribution in [2.75, 3.05) is 33.4 Å². The Morgan fingerprint density at radius 2 is 1.87 bits per heavy atom. The molecule has 1 aliphatic rings. The van der Waals surface area contributed by atoms with Crippen LogP contribution in [-0.4, -0.2) is 39.5 Å². The second-order valence-electron chi connectivity index (χ2n) is 4.23. The van der Waals surface area contributed by atoms with Crippen LogP contribution < -0.4 is 5.32 Å². The lowest BCUT2D eigenvalue weighted by atomic mass is 9.98. The van der Waals surface area contributed by atoms with E-state index in [9.17, 15) is 0 Å². The fraction of sp³-hybridized carbons (Fsp3) is 1.00. The fourth-order valence-electron chi connectivity index (χ4n) is 2.00. The van der Waals surface area contributed by atoms with Crippen molar-refractivity contribution in [3.05, 3.63) is 0 Å². The van der Waals surface area contributed by atoms with Gasteiger partial charge in [0.25, 0.3) is 0 Å². The summed E-state index contributed by atoms with van der Waals surface area (Å²) in [5.74, 6) is 0. The molecule has 0 aromatic rings. The predicted molar refractivity (Wildman–Crippen MR) is 62.2 cm³/mol. The van der Waals surface area contributed by atoms with Crippen LogP contribution in [0, 0.1) is 0 Å². The molecule has 1 rings (SSSR count). The molecule has 0 heterocycles. The van der Waals surface area contributed by atoms with E-state index in [1.165, 1.54) is 32.1 Å². The van der Waals surface area contributed by atoms with Gasteiger partial charge in [-0.25, -0.2) is 0 Å². The average molecular weight is 215 g/mol. The summed E-state index contributed by atoms with van der Waals surface area (Å²) < 4.78 is 10.8. The maximum absolute atomic E-state index is 5.80. The van der Waals surface area contributed by atoms with Gasteiger partial charge in [-0.2, -0.15) is 0 Å². The van der Waals surface area contributed by atoms with E-state index >= 15 is 0 Å². The molecule has 0 aromatic carbocycles. The molecule has 3 heteroatoms. The Hall–Kier alpha value is -0.120. The number of hydrogen-bond donors (Lipinski definition) is 1. The Morgan fingerprint density at radius 1 is 1.07 bits per heavy atom. The minimum Gasteiger partial charge on any atom is -0.385 e. The standard InChI is InChI=1S/C12H25NO2/c1-14-10-5-8-13-9-11-15-12-6-3-2-4-7-12/h12-13H,2-11H2,1H3. The van der Waals surface area contributed by atoms with Crippen LogP contribution >= 0.6 is 0 Å². The molecule has 0 bridgehead atoms. The third-order valence-electron chi connectivity index (χ3n) is 2.89. The fourth-order valence-corrected chi connectivity index (χ4v) is 2.00. The lowest BCUT2D eigenvalue weighted by molar-refractivity contribution is 0.0302. The van der Waals surface area contributed by atoms with Crippen molar-refractivity contribution in [1.82, 2.24) is 5.32 Å². The van der Waals surface area contributed by atoms with Crippen molar-refractivity contribution < 1.29 is 9.47 Å². The Balaban J connectivity index is 1.79. The summed E-state index contributed by atoms with van der Waals surface area (Å²) in [4.78, 5) is 0. The SMILES string of the molecule is COCCCNCCOC1CCCCC1. The zero-order valence-electron chi connectivity index (χ0n) is 9.96. The van der Waals surface area contributed by atoms with Crippen LogP contribution in [0.3, 0.4) is 0 Å². The molecule has 0 spiro atoms. The van der Waals surface area contributed by atoms with Gasteiger partial charge in [-0.15, -0.1) is 0 Å². The lowest BCUT2D eigenvalue weighted by Crippen LogP contribution is -2.25. The maximum atomic E-state index is 5.80. The normalized spacial score (nSPS) is 18.2. The lowest BCUT2D eigenvalue weighted by Gasteiger charge is -2.22. The second kappa shape index (κ2) is 9.13. The zero-order chi connectivity index (χ0) is 10.8. The van der Waals surface area contributed by atoms with Crippen LogP contribution in [0.4, 0.5) is 0 Å². The van der Waals surface area contributed by atoms with E-state index in [1.54, 1.807) is 7.11 Å². The summed E-state index contributed by atoms with van der Waals surface area (Å²) in [5.41, 5.74) is 0. The highest BCUT2D eigenvalue weighted by molar-refractivity contribution is 4.65. The molecule has 1 aliphatic carbocycles. The van der Waals surface area contributed by atoms with Gasteiger partial charge in [0.1, 0.15) is 0 Å². The zero-order valence-corrected chi connectivity index (χ0v) is 9.96. The topological polar surface area (TPSA) is 30.5 Å². The average Bonchev–Trinajstić information content (AvgIpc) is 2.29. The Labute approximate surface area is 93.5 Å². The van der Waals surface area contributed by atoms with E-state index in [0.29, 0.717) is 6.10 Å². The van der Waals surface area contributed by atoms with Crippen LogP contribution in [0.2, 0.25) is 0 Å². The van der Waals surface area contributed by atoms with Gasteiger partial charge in [0, 0.05) is 20.3 Å². The van der Waals surface area contributed by atoms with Crippen molar-refractivity contribution in [3.63, 3.8) is 0 Å². The van der Waals surface area contributed by atoms with Gasteiger partial charge >= 0.3 is 0 Å². The summed E-state index contributed by atoms with van der Waals surface area (Å²) in [5, 5.41) is 3.35. The van der Waals surface area contributed by atoms with Crippen LogP contribution in [0.15, 0.2) is 0 Å². The molecular weight excluding hydrogens is 190 g/mol. The van der Waals surface area contributed by atoms with Gasteiger partial charge < -0.3 is 14.8 Å². The molecule has 0 atom stereocenters. The molecular formula is C12H25NO2. The maximum Gasteiger partial charge on any atom is 0.0594 e. The summed E-state index contributed by atoms with van der Waals surface area (Å²) in [6.07, 6.45) is 8.26. The van der Waals surface area contributed by atoms with Crippen LogP contribution in [0.25, 0.3) is 0 Å². The summed E-state index contributed by atoms with van der Waals surface area (Å²) in [6.45, 7) is 3.70. The first-order chi connectivity index (χ1) is 7.43. The Bertz CT molecular complexity index is 136. The second-order valence-corrected chi connectivity index (χ2v) is 4.23. The number of rotatable bonds is 8. The minimum atomic E-state index is 0.541. The van der Waals surface area contributed by atoms with Gasteiger partial charge in [-0.05, 0) is 25.8 Å². The van der Waals surface area contributed by atoms with Gasteiger partial charge in [0.15, 0.2) is 0 Å². The van der Waals surface area contributed by atoms with E-state index in [2.05, 4.69) is 5.32 Å².